The Balaban J connectivity index is 1.72. The molecule has 0 radical (unpaired) electrons. The van der Waals surface area contributed by atoms with Gasteiger partial charge in [0.25, 0.3) is 5.91 Å². The smallest absolute Gasteiger partial charge is 0.251 e. The summed E-state index contributed by atoms with van der Waals surface area (Å²) in [5, 5.41) is 3.01. The molecule has 2 nitrogen and oxygen atoms in total. The normalized spacial score (nSPS) is 10.9. The van der Waals surface area contributed by atoms with Gasteiger partial charge in [-0.15, -0.1) is 0 Å². The van der Waals surface area contributed by atoms with Crippen molar-refractivity contribution in [3.05, 3.63) is 35.9 Å². The van der Waals surface area contributed by atoms with Crippen molar-refractivity contribution in [2.24, 2.45) is 0 Å². The van der Waals surface area contributed by atoms with Crippen molar-refractivity contribution < 1.29 is 4.79 Å². The third-order valence-electron chi connectivity index (χ3n) is 5.85. The third kappa shape index (κ3) is 16.2. The summed E-state index contributed by atoms with van der Waals surface area (Å²) in [6.45, 7) is 3.09. The van der Waals surface area contributed by atoms with Crippen molar-refractivity contribution in [2.45, 2.75) is 122 Å². The minimum absolute atomic E-state index is 0.0533. The molecule has 2 heteroatoms. The zero-order chi connectivity index (χ0) is 20.8. The van der Waals surface area contributed by atoms with E-state index in [2.05, 4.69) is 12.2 Å². The molecule has 0 fully saturated rings. The Bertz CT molecular complexity index is 471. The van der Waals surface area contributed by atoms with Gasteiger partial charge in [0, 0.05) is 12.1 Å². The first-order chi connectivity index (χ1) is 14.3. The molecule has 0 spiro atoms. The molecule has 0 saturated carbocycles. The summed E-state index contributed by atoms with van der Waals surface area (Å²) in [4.78, 5) is 11.9. The summed E-state index contributed by atoms with van der Waals surface area (Å²) in [6, 6.07) is 9.49. The Morgan fingerprint density at radius 1 is 0.586 bits per heavy atom. The molecular weight excluding hydrogens is 354 g/mol. The highest BCUT2D eigenvalue weighted by Crippen LogP contribution is 2.14. The van der Waals surface area contributed by atoms with E-state index in [0.29, 0.717) is 0 Å². The molecule has 166 valence electrons. The number of nitrogens with one attached hydrogen (secondary N) is 1. The lowest BCUT2D eigenvalue weighted by Gasteiger charge is -2.05. The SMILES string of the molecule is CCCCCCCCCCCCCCCCCCCCNC(=O)c1ccccc1. The van der Waals surface area contributed by atoms with Gasteiger partial charge in [0.05, 0.1) is 0 Å². The highest BCUT2D eigenvalue weighted by molar-refractivity contribution is 5.94. The van der Waals surface area contributed by atoms with Crippen LogP contribution in [-0.2, 0) is 0 Å². The fourth-order valence-corrected chi connectivity index (χ4v) is 3.92. The van der Waals surface area contributed by atoms with Gasteiger partial charge in [0.15, 0.2) is 0 Å². The molecule has 0 heterocycles. The topological polar surface area (TPSA) is 29.1 Å². The highest BCUT2D eigenvalue weighted by Gasteiger charge is 2.02. The van der Waals surface area contributed by atoms with Crippen LogP contribution >= 0.6 is 0 Å². The summed E-state index contributed by atoms with van der Waals surface area (Å²) in [7, 11) is 0. The maximum absolute atomic E-state index is 11.9. The Labute approximate surface area is 181 Å². The Hall–Kier alpha value is -1.31. The summed E-state index contributed by atoms with van der Waals surface area (Å²) in [5.74, 6) is 0.0533. The van der Waals surface area contributed by atoms with Gasteiger partial charge in [-0.05, 0) is 18.6 Å². The minimum atomic E-state index is 0.0533. The van der Waals surface area contributed by atoms with Gasteiger partial charge in [-0.3, -0.25) is 4.79 Å². The van der Waals surface area contributed by atoms with E-state index in [9.17, 15) is 4.79 Å². The molecule has 1 aromatic rings. The predicted molar refractivity (Wildman–Crippen MR) is 128 cm³/mol. The lowest BCUT2D eigenvalue weighted by Crippen LogP contribution is -2.24. The zero-order valence-corrected chi connectivity index (χ0v) is 19.2. The van der Waals surface area contributed by atoms with Crippen molar-refractivity contribution in [1.82, 2.24) is 5.32 Å². The van der Waals surface area contributed by atoms with E-state index in [1.54, 1.807) is 0 Å². The van der Waals surface area contributed by atoms with Gasteiger partial charge >= 0.3 is 0 Å². The van der Waals surface area contributed by atoms with E-state index in [-0.39, 0.29) is 5.91 Å². The van der Waals surface area contributed by atoms with Gasteiger partial charge in [-0.25, -0.2) is 0 Å². The molecule has 0 bridgehead atoms. The van der Waals surface area contributed by atoms with Gasteiger partial charge < -0.3 is 5.32 Å². The number of carbonyl (C=O) groups is 1. The largest absolute Gasteiger partial charge is 0.352 e. The maximum atomic E-state index is 11.9. The first-order valence-corrected chi connectivity index (χ1v) is 12.7. The van der Waals surface area contributed by atoms with Crippen LogP contribution in [0.2, 0.25) is 0 Å². The zero-order valence-electron chi connectivity index (χ0n) is 19.2. The van der Waals surface area contributed by atoms with Crippen molar-refractivity contribution >= 4 is 5.91 Å². The molecule has 0 aliphatic rings. The van der Waals surface area contributed by atoms with Crippen LogP contribution in [-0.4, -0.2) is 12.5 Å². The standard InChI is InChI=1S/C27H47NO/c1-2-3-4-5-6-7-8-9-10-11-12-13-14-15-16-17-18-22-25-28-27(29)26-23-20-19-21-24-26/h19-21,23-24H,2-18,22,25H2,1H3,(H,28,29). The predicted octanol–water partition coefficient (Wildman–Crippen LogP) is 8.46. The Morgan fingerprint density at radius 2 is 0.966 bits per heavy atom. The molecule has 29 heavy (non-hydrogen) atoms. The quantitative estimate of drug-likeness (QED) is 0.218. The molecule has 0 aliphatic carbocycles. The van der Waals surface area contributed by atoms with Gasteiger partial charge in [-0.1, -0.05) is 134 Å². The second kappa shape index (κ2) is 20.0. The van der Waals surface area contributed by atoms with E-state index in [0.717, 1.165) is 18.5 Å². The minimum Gasteiger partial charge on any atom is -0.352 e. The summed E-state index contributed by atoms with van der Waals surface area (Å²) >= 11 is 0. The van der Waals surface area contributed by atoms with Crippen LogP contribution in [0.5, 0.6) is 0 Å². The van der Waals surface area contributed by atoms with E-state index >= 15 is 0 Å². The number of hydrogen-bond acceptors (Lipinski definition) is 1. The second-order valence-electron chi connectivity index (χ2n) is 8.63. The monoisotopic (exact) mass is 401 g/mol. The Morgan fingerprint density at radius 3 is 1.38 bits per heavy atom. The van der Waals surface area contributed by atoms with Crippen LogP contribution in [0.3, 0.4) is 0 Å². The molecule has 0 unspecified atom stereocenters. The van der Waals surface area contributed by atoms with Crippen LogP contribution < -0.4 is 5.32 Å². The lowest BCUT2D eigenvalue weighted by molar-refractivity contribution is 0.0953. The van der Waals surface area contributed by atoms with Crippen molar-refractivity contribution in [2.75, 3.05) is 6.54 Å². The molecule has 1 rings (SSSR count). The summed E-state index contributed by atoms with van der Waals surface area (Å²) < 4.78 is 0. The van der Waals surface area contributed by atoms with Gasteiger partial charge in [0.2, 0.25) is 0 Å². The average molecular weight is 402 g/mol. The summed E-state index contributed by atoms with van der Waals surface area (Å²) in [6.07, 6.45) is 25.0. The number of benzene rings is 1. The van der Waals surface area contributed by atoms with Crippen LogP contribution in [0.15, 0.2) is 30.3 Å². The number of rotatable bonds is 20. The molecule has 0 aromatic heterocycles. The molecule has 0 aliphatic heterocycles. The molecule has 0 atom stereocenters. The van der Waals surface area contributed by atoms with Gasteiger partial charge in [0.1, 0.15) is 0 Å². The molecular formula is C27H47NO. The molecule has 1 amide bonds. The van der Waals surface area contributed by atoms with E-state index in [4.69, 9.17) is 0 Å². The number of amides is 1. The second-order valence-corrected chi connectivity index (χ2v) is 8.63. The van der Waals surface area contributed by atoms with Crippen molar-refractivity contribution in [1.29, 1.82) is 0 Å². The fraction of sp³-hybridized carbons (Fsp3) is 0.741. The van der Waals surface area contributed by atoms with E-state index in [1.165, 1.54) is 109 Å². The first-order valence-electron chi connectivity index (χ1n) is 12.7. The van der Waals surface area contributed by atoms with Crippen LogP contribution in [0.25, 0.3) is 0 Å². The molecule has 1 N–H and O–H groups in total. The lowest BCUT2D eigenvalue weighted by atomic mass is 10.0. The Kier molecular flexibility index (Phi) is 17.7. The van der Waals surface area contributed by atoms with E-state index < -0.39 is 0 Å². The molecule has 0 saturated heterocycles. The van der Waals surface area contributed by atoms with Gasteiger partial charge in [-0.2, -0.15) is 0 Å². The number of hydrogen-bond donors (Lipinski definition) is 1. The highest BCUT2D eigenvalue weighted by atomic mass is 16.1. The third-order valence-corrected chi connectivity index (χ3v) is 5.85. The van der Waals surface area contributed by atoms with Crippen LogP contribution in [0, 0.1) is 0 Å². The summed E-state index contributed by atoms with van der Waals surface area (Å²) in [5.41, 5.74) is 0.759. The van der Waals surface area contributed by atoms with Crippen LogP contribution in [0.4, 0.5) is 0 Å². The maximum Gasteiger partial charge on any atom is 0.251 e. The average Bonchev–Trinajstić information content (AvgIpc) is 2.75. The van der Waals surface area contributed by atoms with Crippen LogP contribution in [0.1, 0.15) is 133 Å². The molecule has 1 aromatic carbocycles. The van der Waals surface area contributed by atoms with Crippen molar-refractivity contribution in [3.8, 4) is 0 Å². The fourth-order valence-electron chi connectivity index (χ4n) is 3.92. The number of carbonyl (C=O) groups excluding carboxylic acids is 1. The van der Waals surface area contributed by atoms with Crippen molar-refractivity contribution in [3.63, 3.8) is 0 Å². The first kappa shape index (κ1) is 25.7. The van der Waals surface area contributed by atoms with E-state index in [1.807, 2.05) is 30.3 Å². The number of unbranched alkanes of at least 4 members (excludes halogenated alkanes) is 17.